The van der Waals surface area contributed by atoms with Gasteiger partial charge in [0.15, 0.2) is 0 Å². The Kier molecular flexibility index (Phi) is 4.51. The normalized spacial score (nSPS) is 15.6. The van der Waals surface area contributed by atoms with Gasteiger partial charge in [-0.25, -0.2) is 4.79 Å². The van der Waals surface area contributed by atoms with E-state index >= 15 is 0 Å². The van der Waals surface area contributed by atoms with E-state index in [0.29, 0.717) is 13.1 Å². The van der Waals surface area contributed by atoms with Crippen LogP contribution in [0.4, 0.5) is 10.5 Å². The highest BCUT2D eigenvalue weighted by Crippen LogP contribution is 2.27. The van der Waals surface area contributed by atoms with Crippen molar-refractivity contribution in [3.63, 3.8) is 0 Å². The van der Waals surface area contributed by atoms with E-state index < -0.39 is 5.60 Å². The SMILES string of the molecule is Cc1cc(Br)cc(C)c1NC1CN(C(=O)OC(C)(C)C)C1. The number of halogens is 1. The second-order valence-electron chi connectivity index (χ2n) is 6.64. The zero-order chi connectivity index (χ0) is 15.8. The first kappa shape index (κ1) is 16.1. The molecule has 21 heavy (non-hydrogen) atoms. The average molecular weight is 355 g/mol. The van der Waals surface area contributed by atoms with Gasteiger partial charge in [0.25, 0.3) is 0 Å². The first-order chi connectivity index (χ1) is 9.65. The number of carbonyl (C=O) groups is 1. The number of nitrogens with one attached hydrogen (secondary N) is 1. The second kappa shape index (κ2) is 5.87. The molecule has 1 saturated heterocycles. The van der Waals surface area contributed by atoms with E-state index in [2.05, 4.69) is 47.2 Å². The van der Waals surface area contributed by atoms with E-state index in [9.17, 15) is 4.79 Å². The lowest BCUT2D eigenvalue weighted by molar-refractivity contribution is 0.0105. The lowest BCUT2D eigenvalue weighted by atomic mass is 10.1. The van der Waals surface area contributed by atoms with Crippen molar-refractivity contribution in [3.05, 3.63) is 27.7 Å². The molecule has 0 radical (unpaired) electrons. The van der Waals surface area contributed by atoms with E-state index in [4.69, 9.17) is 4.74 Å². The number of amides is 1. The average Bonchev–Trinajstić information content (AvgIpc) is 2.21. The number of anilines is 1. The predicted molar refractivity (Wildman–Crippen MR) is 88.8 cm³/mol. The van der Waals surface area contributed by atoms with E-state index in [1.54, 1.807) is 4.90 Å². The Labute approximate surface area is 135 Å². The summed E-state index contributed by atoms with van der Waals surface area (Å²) in [4.78, 5) is 13.6. The standard InChI is InChI=1S/C16H23BrN2O2/c1-10-6-12(17)7-11(2)14(10)18-13-8-19(9-13)15(20)21-16(3,4)5/h6-7,13,18H,8-9H2,1-5H3. The van der Waals surface area contributed by atoms with Crippen molar-refractivity contribution in [3.8, 4) is 0 Å². The Morgan fingerprint density at radius 1 is 1.29 bits per heavy atom. The fourth-order valence-electron chi connectivity index (χ4n) is 2.39. The predicted octanol–water partition coefficient (Wildman–Crippen LogP) is 4.10. The molecule has 1 aromatic rings. The molecule has 1 N–H and O–H groups in total. The van der Waals surface area contributed by atoms with Gasteiger partial charge in [0, 0.05) is 23.2 Å². The molecule has 0 bridgehead atoms. The Morgan fingerprint density at radius 3 is 2.29 bits per heavy atom. The first-order valence-electron chi connectivity index (χ1n) is 7.17. The summed E-state index contributed by atoms with van der Waals surface area (Å²) in [5.41, 5.74) is 3.14. The highest BCUT2D eigenvalue weighted by Gasteiger charge is 2.33. The van der Waals surface area contributed by atoms with Gasteiger partial charge < -0.3 is 15.0 Å². The second-order valence-corrected chi connectivity index (χ2v) is 7.56. The van der Waals surface area contributed by atoms with Crippen LogP contribution in [0, 0.1) is 13.8 Å². The van der Waals surface area contributed by atoms with Crippen LogP contribution in [0.2, 0.25) is 0 Å². The Morgan fingerprint density at radius 2 is 1.81 bits per heavy atom. The molecule has 1 heterocycles. The van der Waals surface area contributed by atoms with Gasteiger partial charge in [0.2, 0.25) is 0 Å². The summed E-state index contributed by atoms with van der Waals surface area (Å²) in [5, 5.41) is 3.52. The van der Waals surface area contributed by atoms with Crippen molar-refractivity contribution in [1.29, 1.82) is 0 Å². The summed E-state index contributed by atoms with van der Waals surface area (Å²) in [6.45, 7) is 11.2. The van der Waals surface area contributed by atoms with Gasteiger partial charge in [-0.3, -0.25) is 0 Å². The minimum absolute atomic E-state index is 0.232. The monoisotopic (exact) mass is 354 g/mol. The molecular weight excluding hydrogens is 332 g/mol. The third-order valence-corrected chi connectivity index (χ3v) is 3.84. The number of hydrogen-bond acceptors (Lipinski definition) is 3. The van der Waals surface area contributed by atoms with Crippen molar-refractivity contribution in [1.82, 2.24) is 4.90 Å². The molecular formula is C16H23BrN2O2. The van der Waals surface area contributed by atoms with Crippen LogP contribution < -0.4 is 5.32 Å². The summed E-state index contributed by atoms with van der Waals surface area (Å²) in [6, 6.07) is 4.48. The molecule has 0 saturated carbocycles. The number of benzene rings is 1. The van der Waals surface area contributed by atoms with Crippen LogP contribution in [0.25, 0.3) is 0 Å². The molecule has 0 spiro atoms. The molecule has 116 valence electrons. The molecule has 1 aromatic carbocycles. The van der Waals surface area contributed by atoms with Crippen molar-refractivity contribution >= 4 is 27.7 Å². The van der Waals surface area contributed by atoms with Gasteiger partial charge in [-0.1, -0.05) is 15.9 Å². The Hall–Kier alpha value is -1.23. The van der Waals surface area contributed by atoms with Crippen molar-refractivity contribution < 1.29 is 9.53 Å². The summed E-state index contributed by atoms with van der Waals surface area (Å²) < 4.78 is 6.45. The fraction of sp³-hybridized carbons (Fsp3) is 0.562. The van der Waals surface area contributed by atoms with Crippen LogP contribution in [-0.4, -0.2) is 35.7 Å². The molecule has 0 aromatic heterocycles. The van der Waals surface area contributed by atoms with Gasteiger partial charge in [-0.05, 0) is 57.9 Å². The number of hydrogen-bond donors (Lipinski definition) is 1. The quantitative estimate of drug-likeness (QED) is 0.869. The van der Waals surface area contributed by atoms with Crippen molar-refractivity contribution in [2.24, 2.45) is 0 Å². The maximum atomic E-state index is 11.9. The smallest absolute Gasteiger partial charge is 0.410 e. The van der Waals surface area contributed by atoms with Crippen molar-refractivity contribution in [2.75, 3.05) is 18.4 Å². The first-order valence-corrected chi connectivity index (χ1v) is 7.96. The number of nitrogens with zero attached hydrogens (tertiary/aromatic N) is 1. The van der Waals surface area contributed by atoms with Crippen LogP contribution in [0.3, 0.4) is 0 Å². The lowest BCUT2D eigenvalue weighted by Crippen LogP contribution is -2.58. The van der Waals surface area contributed by atoms with Crippen LogP contribution in [-0.2, 0) is 4.74 Å². The highest BCUT2D eigenvalue weighted by molar-refractivity contribution is 9.10. The number of aryl methyl sites for hydroxylation is 2. The minimum Gasteiger partial charge on any atom is -0.444 e. The molecule has 0 atom stereocenters. The number of rotatable bonds is 2. The zero-order valence-corrected chi connectivity index (χ0v) is 14.9. The maximum Gasteiger partial charge on any atom is 0.410 e. The Bertz CT molecular complexity index is 523. The molecule has 5 heteroatoms. The molecule has 2 rings (SSSR count). The molecule has 0 unspecified atom stereocenters. The van der Waals surface area contributed by atoms with Gasteiger partial charge in [-0.2, -0.15) is 0 Å². The van der Waals surface area contributed by atoms with E-state index in [1.165, 1.54) is 11.1 Å². The van der Waals surface area contributed by atoms with E-state index in [1.807, 2.05) is 20.8 Å². The van der Waals surface area contributed by atoms with Gasteiger partial charge in [-0.15, -0.1) is 0 Å². The molecule has 4 nitrogen and oxygen atoms in total. The number of carbonyl (C=O) groups excluding carboxylic acids is 1. The third-order valence-electron chi connectivity index (χ3n) is 3.38. The van der Waals surface area contributed by atoms with Crippen LogP contribution in [0.15, 0.2) is 16.6 Å². The van der Waals surface area contributed by atoms with Crippen LogP contribution >= 0.6 is 15.9 Å². The molecule has 1 aliphatic heterocycles. The molecule has 1 amide bonds. The molecule has 1 fully saturated rings. The maximum absolute atomic E-state index is 11.9. The van der Waals surface area contributed by atoms with Gasteiger partial charge in [0.05, 0.1) is 6.04 Å². The lowest BCUT2D eigenvalue weighted by Gasteiger charge is -2.41. The topological polar surface area (TPSA) is 41.6 Å². The summed E-state index contributed by atoms with van der Waals surface area (Å²) in [6.07, 6.45) is -0.232. The molecule has 0 aliphatic carbocycles. The van der Waals surface area contributed by atoms with Crippen molar-refractivity contribution in [2.45, 2.75) is 46.3 Å². The molecule has 1 aliphatic rings. The van der Waals surface area contributed by atoms with E-state index in [-0.39, 0.29) is 12.1 Å². The summed E-state index contributed by atoms with van der Waals surface area (Å²) >= 11 is 3.50. The number of ether oxygens (including phenoxy) is 1. The van der Waals surface area contributed by atoms with Crippen LogP contribution in [0.5, 0.6) is 0 Å². The minimum atomic E-state index is -0.436. The zero-order valence-electron chi connectivity index (χ0n) is 13.3. The van der Waals surface area contributed by atoms with Gasteiger partial charge in [0.1, 0.15) is 5.60 Å². The largest absolute Gasteiger partial charge is 0.444 e. The van der Waals surface area contributed by atoms with Gasteiger partial charge >= 0.3 is 6.09 Å². The van der Waals surface area contributed by atoms with E-state index in [0.717, 1.165) is 10.2 Å². The number of likely N-dealkylation sites (tertiary alicyclic amines) is 1. The summed E-state index contributed by atoms with van der Waals surface area (Å²) in [7, 11) is 0. The summed E-state index contributed by atoms with van der Waals surface area (Å²) in [5.74, 6) is 0. The third kappa shape index (κ3) is 4.13. The Balaban J connectivity index is 1.90. The van der Waals surface area contributed by atoms with Crippen LogP contribution in [0.1, 0.15) is 31.9 Å². The fourth-order valence-corrected chi connectivity index (χ4v) is 3.07. The highest BCUT2D eigenvalue weighted by atomic mass is 79.9.